The maximum Gasteiger partial charge on any atom is 0.162 e. The summed E-state index contributed by atoms with van der Waals surface area (Å²) >= 11 is 11.8. The molecule has 2 atom stereocenters. The Labute approximate surface area is 112 Å². The van der Waals surface area contributed by atoms with Crippen LogP contribution in [0, 0.1) is 0 Å². The Morgan fingerprint density at radius 2 is 2.35 bits per heavy atom. The lowest BCUT2D eigenvalue weighted by molar-refractivity contribution is 0.110. The average molecular weight is 284 g/mol. The maximum absolute atomic E-state index is 6.14. The molecule has 5 nitrogen and oxygen atoms in total. The Balaban J connectivity index is 2.47. The van der Waals surface area contributed by atoms with E-state index in [4.69, 9.17) is 38.4 Å². The second-order valence-corrected chi connectivity index (χ2v) is 4.55. The fraction of sp³-hybridized carbons (Fsp3) is 0.800. The van der Waals surface area contributed by atoms with Crippen LogP contribution in [0.25, 0.3) is 0 Å². The molecule has 0 bridgehead atoms. The third kappa shape index (κ3) is 5.31. The Morgan fingerprint density at radius 1 is 1.59 bits per heavy atom. The SMILES string of the molecule is CO/C(=C(/N)Cl)C(Cl)NC1CCCOCCN1. The summed E-state index contributed by atoms with van der Waals surface area (Å²) < 4.78 is 10.4. The van der Waals surface area contributed by atoms with Crippen molar-refractivity contribution >= 4 is 23.2 Å². The first-order valence-corrected chi connectivity index (χ1v) is 6.37. The van der Waals surface area contributed by atoms with Gasteiger partial charge in [-0.05, 0) is 12.8 Å². The summed E-state index contributed by atoms with van der Waals surface area (Å²) in [5, 5.41) is 6.52. The number of hydrogen-bond donors (Lipinski definition) is 3. The predicted octanol–water partition coefficient (Wildman–Crippen LogP) is 0.880. The van der Waals surface area contributed by atoms with E-state index < -0.39 is 5.50 Å². The summed E-state index contributed by atoms with van der Waals surface area (Å²) in [6.45, 7) is 2.26. The van der Waals surface area contributed by atoms with Gasteiger partial charge in [0.1, 0.15) is 10.7 Å². The summed E-state index contributed by atoms with van der Waals surface area (Å²) in [6, 6.07) is 0. The van der Waals surface area contributed by atoms with Gasteiger partial charge in [0.25, 0.3) is 0 Å². The molecule has 2 unspecified atom stereocenters. The van der Waals surface area contributed by atoms with Gasteiger partial charge in [-0.2, -0.15) is 0 Å². The Kier molecular flexibility index (Phi) is 6.99. The number of methoxy groups -OCH3 is 1. The quantitative estimate of drug-likeness (QED) is 0.406. The highest BCUT2D eigenvalue weighted by molar-refractivity contribution is 6.30. The van der Waals surface area contributed by atoms with E-state index in [0.29, 0.717) is 12.4 Å². The largest absolute Gasteiger partial charge is 0.495 e. The zero-order valence-electron chi connectivity index (χ0n) is 9.84. The first-order valence-electron chi connectivity index (χ1n) is 5.55. The molecule has 0 aromatic heterocycles. The number of rotatable bonds is 4. The van der Waals surface area contributed by atoms with Crippen LogP contribution in [-0.4, -0.2) is 38.5 Å². The Hall–Kier alpha value is -0.200. The van der Waals surface area contributed by atoms with Gasteiger partial charge in [0, 0.05) is 13.2 Å². The molecule has 0 radical (unpaired) electrons. The van der Waals surface area contributed by atoms with Crippen LogP contribution in [0.1, 0.15) is 12.8 Å². The van der Waals surface area contributed by atoms with E-state index in [2.05, 4.69) is 10.6 Å². The molecule has 0 saturated carbocycles. The molecule has 7 heteroatoms. The number of nitrogens with two attached hydrogens (primary N) is 1. The molecule has 1 aliphatic heterocycles. The fourth-order valence-corrected chi connectivity index (χ4v) is 2.22. The van der Waals surface area contributed by atoms with Gasteiger partial charge in [-0.25, -0.2) is 0 Å². The number of hydrogen-bond acceptors (Lipinski definition) is 5. The first kappa shape index (κ1) is 14.9. The van der Waals surface area contributed by atoms with Crippen molar-refractivity contribution in [2.45, 2.75) is 24.5 Å². The number of alkyl halides is 1. The van der Waals surface area contributed by atoms with Crippen molar-refractivity contribution in [3.8, 4) is 0 Å². The highest BCUT2D eigenvalue weighted by atomic mass is 35.5. The minimum absolute atomic E-state index is 0.0641. The van der Waals surface area contributed by atoms with E-state index in [1.807, 2.05) is 0 Å². The van der Waals surface area contributed by atoms with Crippen molar-refractivity contribution < 1.29 is 9.47 Å². The second kappa shape index (κ2) is 8.00. The number of nitrogens with one attached hydrogen (secondary N) is 2. The predicted molar refractivity (Wildman–Crippen MR) is 68.7 cm³/mol. The van der Waals surface area contributed by atoms with Crippen molar-refractivity contribution in [3.05, 3.63) is 10.9 Å². The third-order valence-electron chi connectivity index (χ3n) is 2.45. The summed E-state index contributed by atoms with van der Waals surface area (Å²) in [7, 11) is 1.49. The minimum Gasteiger partial charge on any atom is -0.495 e. The molecular weight excluding hydrogens is 265 g/mol. The molecule has 1 fully saturated rings. The average Bonchev–Trinajstić information content (AvgIpc) is 2.22. The first-order chi connectivity index (χ1) is 8.15. The highest BCUT2D eigenvalue weighted by Gasteiger charge is 2.19. The van der Waals surface area contributed by atoms with Gasteiger partial charge in [0.15, 0.2) is 5.76 Å². The third-order valence-corrected chi connectivity index (χ3v) is 2.96. The van der Waals surface area contributed by atoms with Crippen LogP contribution in [0.3, 0.4) is 0 Å². The number of halogens is 2. The molecule has 4 N–H and O–H groups in total. The molecule has 100 valence electrons. The standard InChI is InChI=1S/C10H19Cl2N3O2/c1-16-8(9(11)13)10(12)15-7-3-2-5-17-6-4-14-7/h7,10,14-15H,2-6,13H2,1H3/b9-8+. The van der Waals surface area contributed by atoms with E-state index in [9.17, 15) is 0 Å². The van der Waals surface area contributed by atoms with Crippen LogP contribution in [0.4, 0.5) is 0 Å². The molecule has 1 saturated heterocycles. The molecule has 0 aromatic carbocycles. The van der Waals surface area contributed by atoms with Crippen LogP contribution in [0.15, 0.2) is 10.9 Å². The molecule has 0 amide bonds. The monoisotopic (exact) mass is 283 g/mol. The van der Waals surface area contributed by atoms with E-state index in [-0.39, 0.29) is 11.3 Å². The summed E-state index contributed by atoms with van der Waals surface area (Å²) in [5.74, 6) is 0.341. The lowest BCUT2D eigenvalue weighted by Gasteiger charge is -2.26. The van der Waals surface area contributed by atoms with E-state index in [0.717, 1.165) is 26.0 Å². The second-order valence-electron chi connectivity index (χ2n) is 3.71. The van der Waals surface area contributed by atoms with Crippen molar-refractivity contribution in [1.82, 2.24) is 10.6 Å². The van der Waals surface area contributed by atoms with Gasteiger partial charge in [-0.3, -0.25) is 10.6 Å². The summed E-state index contributed by atoms with van der Waals surface area (Å²) in [4.78, 5) is 0. The van der Waals surface area contributed by atoms with Gasteiger partial charge in [0.05, 0.1) is 19.9 Å². The van der Waals surface area contributed by atoms with Gasteiger partial charge in [-0.1, -0.05) is 23.2 Å². The van der Waals surface area contributed by atoms with Crippen molar-refractivity contribution in [1.29, 1.82) is 0 Å². The Bertz CT molecular complexity index is 252. The molecule has 0 aromatic rings. The van der Waals surface area contributed by atoms with Crippen LogP contribution >= 0.6 is 23.2 Å². The molecular formula is C10H19Cl2N3O2. The van der Waals surface area contributed by atoms with Crippen molar-refractivity contribution in [2.24, 2.45) is 5.73 Å². The minimum atomic E-state index is -0.546. The number of ether oxygens (including phenoxy) is 2. The van der Waals surface area contributed by atoms with Crippen molar-refractivity contribution in [2.75, 3.05) is 26.9 Å². The van der Waals surface area contributed by atoms with Gasteiger partial charge >= 0.3 is 0 Å². The van der Waals surface area contributed by atoms with Crippen LogP contribution in [0.5, 0.6) is 0 Å². The zero-order chi connectivity index (χ0) is 12.7. The molecule has 0 aliphatic carbocycles. The maximum atomic E-state index is 6.14. The van der Waals surface area contributed by atoms with Crippen LogP contribution in [-0.2, 0) is 9.47 Å². The van der Waals surface area contributed by atoms with Gasteiger partial charge in [0.2, 0.25) is 0 Å². The van der Waals surface area contributed by atoms with E-state index in [1.54, 1.807) is 0 Å². The van der Waals surface area contributed by atoms with Gasteiger partial charge in [-0.15, -0.1) is 0 Å². The normalized spacial score (nSPS) is 25.5. The zero-order valence-corrected chi connectivity index (χ0v) is 11.4. The van der Waals surface area contributed by atoms with E-state index >= 15 is 0 Å². The summed E-state index contributed by atoms with van der Waals surface area (Å²) in [5.41, 5.74) is 4.92. The van der Waals surface area contributed by atoms with Crippen LogP contribution < -0.4 is 16.4 Å². The Morgan fingerprint density at radius 3 is 3.00 bits per heavy atom. The molecule has 1 rings (SSSR count). The molecule has 0 spiro atoms. The molecule has 17 heavy (non-hydrogen) atoms. The highest BCUT2D eigenvalue weighted by Crippen LogP contribution is 2.14. The topological polar surface area (TPSA) is 68.5 Å². The summed E-state index contributed by atoms with van der Waals surface area (Å²) in [6.07, 6.45) is 1.99. The lowest BCUT2D eigenvalue weighted by atomic mass is 10.2. The van der Waals surface area contributed by atoms with Gasteiger partial charge < -0.3 is 15.2 Å². The smallest absolute Gasteiger partial charge is 0.162 e. The van der Waals surface area contributed by atoms with Crippen molar-refractivity contribution in [3.63, 3.8) is 0 Å². The fourth-order valence-electron chi connectivity index (χ4n) is 1.62. The molecule has 1 heterocycles. The molecule has 1 aliphatic rings. The lowest BCUT2D eigenvalue weighted by Crippen LogP contribution is -2.48. The van der Waals surface area contributed by atoms with E-state index in [1.165, 1.54) is 7.11 Å². The van der Waals surface area contributed by atoms with Crippen LogP contribution in [0.2, 0.25) is 0 Å².